The van der Waals surface area contributed by atoms with E-state index in [4.69, 9.17) is 11.6 Å². The summed E-state index contributed by atoms with van der Waals surface area (Å²) in [7, 11) is 0. The third-order valence-electron chi connectivity index (χ3n) is 4.25. The van der Waals surface area contributed by atoms with E-state index in [1.54, 1.807) is 24.4 Å². The third kappa shape index (κ3) is 4.34. The van der Waals surface area contributed by atoms with Crippen LogP contribution in [0.1, 0.15) is 23.7 Å². The molecule has 1 aliphatic rings. The second-order valence-electron chi connectivity index (χ2n) is 6.39. The van der Waals surface area contributed by atoms with Gasteiger partial charge in [-0.3, -0.25) is 9.36 Å². The molecule has 0 spiro atoms. The topological polar surface area (TPSA) is 46.9 Å². The smallest absolute Gasteiger partial charge is 0.238 e. The average Bonchev–Trinajstić information content (AvgIpc) is 3.34. The van der Waals surface area contributed by atoms with Crippen LogP contribution >= 0.6 is 23.4 Å². The number of carbonyl (C=O) groups is 1. The summed E-state index contributed by atoms with van der Waals surface area (Å²) in [5.41, 5.74) is 1.60. The molecule has 7 heteroatoms. The van der Waals surface area contributed by atoms with E-state index in [-0.39, 0.29) is 17.8 Å². The first-order chi connectivity index (χ1) is 13.1. The van der Waals surface area contributed by atoms with Crippen LogP contribution in [0.5, 0.6) is 0 Å². The van der Waals surface area contributed by atoms with Gasteiger partial charge in [-0.05, 0) is 48.7 Å². The lowest BCUT2D eigenvalue weighted by molar-refractivity contribution is -0.120. The van der Waals surface area contributed by atoms with E-state index in [1.807, 2.05) is 29.0 Å². The largest absolute Gasteiger partial charge is 0.352 e. The number of halogens is 2. The number of nitrogens with zero attached hydrogens (tertiary/aromatic N) is 2. The summed E-state index contributed by atoms with van der Waals surface area (Å²) in [4.78, 5) is 17.2. The Kier molecular flexibility index (Phi) is 5.18. The molecule has 1 aliphatic carbocycles. The van der Waals surface area contributed by atoms with Gasteiger partial charge in [0.15, 0.2) is 5.16 Å². The molecule has 4 rings (SSSR count). The summed E-state index contributed by atoms with van der Waals surface area (Å²) in [5, 5.41) is 3.80. The molecule has 1 heterocycles. The molecular formula is C20H17ClFN3OS. The van der Waals surface area contributed by atoms with Crippen LogP contribution in [-0.2, 0) is 4.79 Å². The van der Waals surface area contributed by atoms with E-state index >= 15 is 0 Å². The zero-order valence-electron chi connectivity index (χ0n) is 14.3. The summed E-state index contributed by atoms with van der Waals surface area (Å²) in [6.45, 7) is 0. The third-order valence-corrected chi connectivity index (χ3v) is 5.72. The van der Waals surface area contributed by atoms with Crippen molar-refractivity contribution in [3.8, 4) is 5.69 Å². The van der Waals surface area contributed by atoms with Gasteiger partial charge >= 0.3 is 0 Å². The summed E-state index contributed by atoms with van der Waals surface area (Å²) >= 11 is 7.44. The van der Waals surface area contributed by atoms with Crippen LogP contribution in [-0.4, -0.2) is 21.5 Å². The first kappa shape index (κ1) is 18.1. The highest BCUT2D eigenvalue weighted by atomic mass is 35.5. The Bertz CT molecular complexity index is 956. The van der Waals surface area contributed by atoms with Gasteiger partial charge in [-0.1, -0.05) is 41.6 Å². The first-order valence-electron chi connectivity index (χ1n) is 8.62. The Balaban J connectivity index is 1.64. The van der Waals surface area contributed by atoms with Gasteiger partial charge in [-0.2, -0.15) is 0 Å². The molecule has 1 N–H and O–H groups in total. The fraction of sp³-hybridized carbons (Fsp3) is 0.200. The number of thioether (sulfide) groups is 1. The van der Waals surface area contributed by atoms with Gasteiger partial charge < -0.3 is 5.32 Å². The quantitative estimate of drug-likeness (QED) is 0.605. The molecule has 27 heavy (non-hydrogen) atoms. The molecule has 1 fully saturated rings. The number of hydrogen-bond donors (Lipinski definition) is 1. The van der Waals surface area contributed by atoms with Crippen LogP contribution in [0.15, 0.2) is 66.1 Å². The molecule has 0 unspecified atom stereocenters. The summed E-state index contributed by atoms with van der Waals surface area (Å²) in [6, 6.07) is 13.7. The van der Waals surface area contributed by atoms with Crippen molar-refractivity contribution >= 4 is 29.3 Å². The van der Waals surface area contributed by atoms with Gasteiger partial charge in [0.1, 0.15) is 11.1 Å². The van der Waals surface area contributed by atoms with Gasteiger partial charge in [-0.25, -0.2) is 9.37 Å². The number of amides is 1. The standard InChI is InChI=1S/C20H17ClFN3OS/c21-14-2-1-3-17(12-14)25-11-10-23-20(25)27-18(19(26)24-16-8-9-16)13-4-6-15(22)7-5-13/h1-7,10-12,16,18H,8-9H2,(H,24,26)/t18-/m1/s1. The minimum atomic E-state index is -0.522. The van der Waals surface area contributed by atoms with E-state index in [0.717, 1.165) is 24.1 Å². The number of nitrogens with one attached hydrogen (secondary N) is 1. The second-order valence-corrected chi connectivity index (χ2v) is 7.90. The Hall–Kier alpha value is -2.31. The average molecular weight is 402 g/mol. The molecule has 0 aliphatic heterocycles. The molecule has 1 saturated carbocycles. The van der Waals surface area contributed by atoms with Crippen molar-refractivity contribution in [3.63, 3.8) is 0 Å². The van der Waals surface area contributed by atoms with Crippen molar-refractivity contribution < 1.29 is 9.18 Å². The highest BCUT2D eigenvalue weighted by Gasteiger charge is 2.30. The molecule has 1 amide bonds. The SMILES string of the molecule is O=C(NC1CC1)[C@H](Sc1nccn1-c1cccc(Cl)c1)c1ccc(F)cc1. The van der Waals surface area contributed by atoms with Crippen LogP contribution < -0.4 is 5.32 Å². The van der Waals surface area contributed by atoms with E-state index in [0.29, 0.717) is 10.2 Å². The Morgan fingerprint density at radius 3 is 2.74 bits per heavy atom. The van der Waals surface area contributed by atoms with Crippen molar-refractivity contribution in [2.45, 2.75) is 29.3 Å². The lowest BCUT2D eigenvalue weighted by Crippen LogP contribution is -2.30. The lowest BCUT2D eigenvalue weighted by Gasteiger charge is -2.17. The van der Waals surface area contributed by atoms with Gasteiger partial charge in [0.05, 0.1) is 0 Å². The second kappa shape index (κ2) is 7.74. The Morgan fingerprint density at radius 1 is 1.26 bits per heavy atom. The van der Waals surface area contributed by atoms with Gasteiger partial charge in [0.2, 0.25) is 5.91 Å². The summed E-state index contributed by atoms with van der Waals surface area (Å²) in [6.07, 6.45) is 5.52. The highest BCUT2D eigenvalue weighted by molar-refractivity contribution is 8.00. The van der Waals surface area contributed by atoms with E-state index in [2.05, 4.69) is 10.3 Å². The van der Waals surface area contributed by atoms with Gasteiger partial charge in [0, 0.05) is 29.1 Å². The number of rotatable bonds is 6. The maximum absolute atomic E-state index is 13.3. The predicted octanol–water partition coefficient (Wildman–Crippen LogP) is 4.78. The zero-order valence-corrected chi connectivity index (χ0v) is 15.9. The summed E-state index contributed by atoms with van der Waals surface area (Å²) in [5.74, 6) is -0.416. The monoisotopic (exact) mass is 401 g/mol. The molecule has 138 valence electrons. The van der Waals surface area contributed by atoms with Crippen molar-refractivity contribution in [3.05, 3.63) is 77.3 Å². The molecule has 1 aromatic heterocycles. The van der Waals surface area contributed by atoms with E-state index in [9.17, 15) is 9.18 Å². The first-order valence-corrected chi connectivity index (χ1v) is 9.88. The zero-order chi connectivity index (χ0) is 18.8. The minimum Gasteiger partial charge on any atom is -0.352 e. The maximum Gasteiger partial charge on any atom is 0.238 e. The number of hydrogen-bond acceptors (Lipinski definition) is 3. The fourth-order valence-electron chi connectivity index (χ4n) is 2.72. The van der Waals surface area contributed by atoms with Gasteiger partial charge in [0.25, 0.3) is 0 Å². The summed E-state index contributed by atoms with van der Waals surface area (Å²) < 4.78 is 15.2. The lowest BCUT2D eigenvalue weighted by atomic mass is 10.1. The van der Waals surface area contributed by atoms with Crippen LogP contribution in [0, 0.1) is 5.82 Å². The van der Waals surface area contributed by atoms with Crippen LogP contribution in [0.2, 0.25) is 5.02 Å². The van der Waals surface area contributed by atoms with E-state index in [1.165, 1.54) is 23.9 Å². The fourth-order valence-corrected chi connectivity index (χ4v) is 3.99. The van der Waals surface area contributed by atoms with E-state index < -0.39 is 5.25 Å². The van der Waals surface area contributed by atoms with Crippen molar-refractivity contribution in [1.29, 1.82) is 0 Å². The Morgan fingerprint density at radius 2 is 2.04 bits per heavy atom. The van der Waals surface area contributed by atoms with Crippen molar-refractivity contribution in [2.24, 2.45) is 0 Å². The number of imidazole rings is 1. The molecule has 0 saturated heterocycles. The molecular weight excluding hydrogens is 385 g/mol. The number of aromatic nitrogens is 2. The van der Waals surface area contributed by atoms with Gasteiger partial charge in [-0.15, -0.1) is 0 Å². The molecule has 1 atom stereocenters. The maximum atomic E-state index is 13.3. The number of benzene rings is 2. The molecule has 0 radical (unpaired) electrons. The van der Waals surface area contributed by atoms with Crippen LogP contribution in [0.25, 0.3) is 5.69 Å². The molecule has 2 aromatic carbocycles. The molecule has 0 bridgehead atoms. The molecule has 4 nitrogen and oxygen atoms in total. The van der Waals surface area contributed by atoms with Crippen molar-refractivity contribution in [2.75, 3.05) is 0 Å². The number of carbonyl (C=O) groups excluding carboxylic acids is 1. The molecule has 3 aromatic rings. The Labute approximate surface area is 165 Å². The minimum absolute atomic E-state index is 0.0882. The normalized spacial score (nSPS) is 14.7. The van der Waals surface area contributed by atoms with Crippen molar-refractivity contribution in [1.82, 2.24) is 14.9 Å². The predicted molar refractivity (Wildman–Crippen MR) is 105 cm³/mol. The highest BCUT2D eigenvalue weighted by Crippen LogP contribution is 2.36. The van der Waals surface area contributed by atoms with Crippen LogP contribution in [0.4, 0.5) is 4.39 Å². The van der Waals surface area contributed by atoms with Crippen LogP contribution in [0.3, 0.4) is 0 Å².